The van der Waals surface area contributed by atoms with Crippen molar-refractivity contribution in [1.82, 2.24) is 0 Å². The van der Waals surface area contributed by atoms with Crippen LogP contribution in [-0.4, -0.2) is 29.6 Å². The first-order valence-corrected chi connectivity index (χ1v) is 6.09. The molecule has 0 saturated heterocycles. The van der Waals surface area contributed by atoms with Gasteiger partial charge in [-0.05, 0) is 24.1 Å². The predicted molar refractivity (Wildman–Crippen MR) is 69.0 cm³/mol. The normalized spacial score (nSPS) is 17.9. The second kappa shape index (κ2) is 5.27. The Bertz CT molecular complexity index is 515. The molecule has 1 aliphatic heterocycles. The summed E-state index contributed by atoms with van der Waals surface area (Å²) < 4.78 is 5.61. The van der Waals surface area contributed by atoms with Crippen molar-refractivity contribution >= 4 is 17.6 Å². The molecule has 1 heterocycles. The molecule has 1 amide bonds. The molecule has 1 atom stereocenters. The fourth-order valence-electron chi connectivity index (χ4n) is 2.06. The van der Waals surface area contributed by atoms with E-state index < -0.39 is 12.1 Å². The Kier molecular flexibility index (Phi) is 3.71. The first-order chi connectivity index (χ1) is 9.06. The topological polar surface area (TPSA) is 92.9 Å². The minimum absolute atomic E-state index is 0.321. The lowest BCUT2D eigenvalue weighted by Gasteiger charge is -2.33. The minimum Gasteiger partial charge on any atom is -0.480 e. The Morgan fingerprint density at radius 3 is 2.84 bits per heavy atom. The lowest BCUT2D eigenvalue weighted by atomic mass is 10.1. The Morgan fingerprint density at radius 2 is 2.26 bits per heavy atom. The standard InChI is InChI=1S/C13H16N2O4/c1-2-10-13(18)15(7-12(16)17)9-4-3-8(6-14)5-11(9)19-10/h3-5,10H,2,6-7,14H2,1H3,(H,16,17). The van der Waals surface area contributed by atoms with Crippen LogP contribution in [0.15, 0.2) is 18.2 Å². The quantitative estimate of drug-likeness (QED) is 0.836. The monoisotopic (exact) mass is 264 g/mol. The third-order valence-corrected chi connectivity index (χ3v) is 3.03. The van der Waals surface area contributed by atoms with Crippen molar-refractivity contribution in [3.8, 4) is 5.75 Å². The summed E-state index contributed by atoms with van der Waals surface area (Å²) in [5.41, 5.74) is 6.92. The molecule has 2 rings (SSSR count). The Balaban J connectivity index is 2.43. The summed E-state index contributed by atoms with van der Waals surface area (Å²) >= 11 is 0. The molecular weight excluding hydrogens is 248 g/mol. The van der Waals surface area contributed by atoms with E-state index in [0.29, 0.717) is 24.4 Å². The second-order valence-corrected chi connectivity index (χ2v) is 4.34. The van der Waals surface area contributed by atoms with Crippen molar-refractivity contribution in [3.05, 3.63) is 23.8 Å². The number of carbonyl (C=O) groups excluding carboxylic acids is 1. The Hall–Kier alpha value is -2.08. The summed E-state index contributed by atoms with van der Waals surface area (Å²) in [4.78, 5) is 24.3. The molecule has 19 heavy (non-hydrogen) atoms. The molecule has 0 aliphatic carbocycles. The van der Waals surface area contributed by atoms with Crippen LogP contribution in [0.3, 0.4) is 0 Å². The first kappa shape index (κ1) is 13.4. The van der Waals surface area contributed by atoms with Crippen LogP contribution in [0.2, 0.25) is 0 Å². The molecular formula is C13H16N2O4. The highest BCUT2D eigenvalue weighted by Gasteiger charge is 2.34. The van der Waals surface area contributed by atoms with Crippen LogP contribution in [0, 0.1) is 0 Å². The molecule has 6 heteroatoms. The highest BCUT2D eigenvalue weighted by Crippen LogP contribution is 2.35. The van der Waals surface area contributed by atoms with Crippen LogP contribution in [0.5, 0.6) is 5.75 Å². The molecule has 102 valence electrons. The van der Waals surface area contributed by atoms with Crippen molar-refractivity contribution in [2.45, 2.75) is 26.0 Å². The van der Waals surface area contributed by atoms with Crippen LogP contribution in [0.25, 0.3) is 0 Å². The van der Waals surface area contributed by atoms with Gasteiger partial charge in [-0.1, -0.05) is 13.0 Å². The number of fused-ring (bicyclic) bond motifs is 1. The van der Waals surface area contributed by atoms with Crippen LogP contribution in [0.1, 0.15) is 18.9 Å². The maximum atomic E-state index is 12.1. The third-order valence-electron chi connectivity index (χ3n) is 3.03. The van der Waals surface area contributed by atoms with Crippen LogP contribution in [0.4, 0.5) is 5.69 Å². The van der Waals surface area contributed by atoms with E-state index in [0.717, 1.165) is 5.56 Å². The van der Waals surface area contributed by atoms with E-state index in [9.17, 15) is 9.59 Å². The number of rotatable bonds is 4. The number of carboxylic acids is 1. The molecule has 6 nitrogen and oxygen atoms in total. The highest BCUT2D eigenvalue weighted by atomic mass is 16.5. The van der Waals surface area contributed by atoms with Gasteiger partial charge in [-0.15, -0.1) is 0 Å². The molecule has 0 bridgehead atoms. The van der Waals surface area contributed by atoms with Gasteiger partial charge in [0, 0.05) is 6.54 Å². The van der Waals surface area contributed by atoms with Crippen molar-refractivity contribution in [1.29, 1.82) is 0 Å². The summed E-state index contributed by atoms with van der Waals surface area (Å²) in [7, 11) is 0. The zero-order valence-corrected chi connectivity index (χ0v) is 10.6. The van der Waals surface area contributed by atoms with Crippen LogP contribution in [-0.2, 0) is 16.1 Å². The number of ether oxygens (including phenoxy) is 1. The van der Waals surface area contributed by atoms with Gasteiger partial charge >= 0.3 is 5.97 Å². The van der Waals surface area contributed by atoms with Gasteiger partial charge in [-0.25, -0.2) is 0 Å². The molecule has 0 spiro atoms. The van der Waals surface area contributed by atoms with Gasteiger partial charge in [0.15, 0.2) is 6.10 Å². The summed E-state index contributed by atoms with van der Waals surface area (Å²) in [5.74, 6) is -0.868. The largest absolute Gasteiger partial charge is 0.480 e. The number of anilines is 1. The van der Waals surface area contributed by atoms with Crippen LogP contribution < -0.4 is 15.4 Å². The van der Waals surface area contributed by atoms with E-state index in [1.165, 1.54) is 4.90 Å². The van der Waals surface area contributed by atoms with Crippen molar-refractivity contribution in [3.63, 3.8) is 0 Å². The number of nitrogens with zero attached hydrogens (tertiary/aromatic N) is 1. The number of hydrogen-bond acceptors (Lipinski definition) is 4. The van der Waals surface area contributed by atoms with E-state index in [2.05, 4.69) is 0 Å². The number of nitrogens with two attached hydrogens (primary N) is 1. The zero-order chi connectivity index (χ0) is 14.0. The van der Waals surface area contributed by atoms with Gasteiger partial charge in [0.25, 0.3) is 5.91 Å². The van der Waals surface area contributed by atoms with E-state index in [-0.39, 0.29) is 12.5 Å². The number of carboxylic acid groups (broad SMARTS) is 1. The van der Waals surface area contributed by atoms with Gasteiger partial charge in [0.1, 0.15) is 12.3 Å². The number of carbonyl (C=O) groups is 2. The summed E-state index contributed by atoms with van der Waals surface area (Å²) in [6.07, 6.45) is -0.152. The number of aliphatic carboxylic acids is 1. The fourth-order valence-corrected chi connectivity index (χ4v) is 2.06. The van der Waals surface area contributed by atoms with E-state index in [1.54, 1.807) is 18.2 Å². The molecule has 1 aliphatic rings. The summed E-state index contributed by atoms with van der Waals surface area (Å²) in [5, 5.41) is 8.91. The smallest absolute Gasteiger partial charge is 0.323 e. The first-order valence-electron chi connectivity index (χ1n) is 6.09. The SMILES string of the molecule is CCC1Oc2cc(CN)ccc2N(CC(=O)O)C1=O. The Labute approximate surface area is 110 Å². The molecule has 3 N–H and O–H groups in total. The van der Waals surface area contributed by atoms with E-state index >= 15 is 0 Å². The Morgan fingerprint density at radius 1 is 1.53 bits per heavy atom. The van der Waals surface area contributed by atoms with E-state index in [1.807, 2.05) is 6.92 Å². The van der Waals surface area contributed by atoms with E-state index in [4.69, 9.17) is 15.6 Å². The molecule has 0 fully saturated rings. The van der Waals surface area contributed by atoms with Gasteiger partial charge in [-0.2, -0.15) is 0 Å². The molecule has 1 unspecified atom stereocenters. The van der Waals surface area contributed by atoms with Crippen molar-refractivity contribution in [2.24, 2.45) is 5.73 Å². The van der Waals surface area contributed by atoms with Gasteiger partial charge in [0.2, 0.25) is 0 Å². The predicted octanol–water partition coefficient (Wildman–Crippen LogP) is 0.734. The number of hydrogen-bond donors (Lipinski definition) is 2. The lowest BCUT2D eigenvalue weighted by Crippen LogP contribution is -2.47. The highest BCUT2D eigenvalue weighted by molar-refractivity contribution is 6.03. The summed E-state index contributed by atoms with van der Waals surface area (Å²) in [6.45, 7) is 1.81. The third kappa shape index (κ3) is 2.53. The van der Waals surface area contributed by atoms with Crippen molar-refractivity contribution in [2.75, 3.05) is 11.4 Å². The van der Waals surface area contributed by atoms with Gasteiger partial charge in [0.05, 0.1) is 5.69 Å². The maximum absolute atomic E-state index is 12.1. The van der Waals surface area contributed by atoms with Gasteiger partial charge in [-0.3, -0.25) is 14.5 Å². The molecule has 0 saturated carbocycles. The molecule has 0 aromatic heterocycles. The summed E-state index contributed by atoms with van der Waals surface area (Å²) in [6, 6.07) is 5.18. The fraction of sp³-hybridized carbons (Fsp3) is 0.385. The molecule has 1 aromatic rings. The van der Waals surface area contributed by atoms with Crippen molar-refractivity contribution < 1.29 is 19.4 Å². The second-order valence-electron chi connectivity index (χ2n) is 4.34. The molecule has 0 radical (unpaired) electrons. The number of amides is 1. The molecule has 1 aromatic carbocycles. The van der Waals surface area contributed by atoms with Gasteiger partial charge < -0.3 is 15.6 Å². The maximum Gasteiger partial charge on any atom is 0.323 e. The average Bonchev–Trinajstić information content (AvgIpc) is 2.40. The van der Waals surface area contributed by atoms with Crippen LogP contribution >= 0.6 is 0 Å². The number of benzene rings is 1. The zero-order valence-electron chi connectivity index (χ0n) is 10.6. The lowest BCUT2D eigenvalue weighted by molar-refractivity contribution is -0.137. The average molecular weight is 264 g/mol. The minimum atomic E-state index is -1.06.